The number of hydrogen-bond acceptors (Lipinski definition) is 3. The third-order valence-corrected chi connectivity index (χ3v) is 1.24. The van der Waals surface area contributed by atoms with Crippen molar-refractivity contribution in [2.24, 2.45) is 0 Å². The molecule has 1 aromatic heterocycles. The van der Waals surface area contributed by atoms with E-state index in [9.17, 15) is 5.11 Å². The van der Waals surface area contributed by atoms with E-state index in [0.29, 0.717) is 6.42 Å². The molecule has 0 aliphatic rings. The Hall–Kier alpha value is -0.960. The van der Waals surface area contributed by atoms with Gasteiger partial charge in [-0.3, -0.25) is 0 Å². The zero-order valence-electron chi connectivity index (χ0n) is 6.78. The smallest absolute Gasteiger partial charge is 0.0659 e. The SMILES string of the molecule is CC(C)(O)Cc1cccnn1. The van der Waals surface area contributed by atoms with Crippen molar-refractivity contribution in [2.45, 2.75) is 25.9 Å². The first-order chi connectivity index (χ1) is 5.08. The number of aliphatic hydroxyl groups is 1. The Labute approximate surface area is 66.1 Å². The molecule has 60 valence electrons. The van der Waals surface area contributed by atoms with Crippen LogP contribution in [0.2, 0.25) is 0 Å². The predicted molar refractivity (Wildman–Crippen MR) is 42.0 cm³/mol. The van der Waals surface area contributed by atoms with Crippen molar-refractivity contribution in [1.82, 2.24) is 10.2 Å². The van der Waals surface area contributed by atoms with Crippen LogP contribution in [0.15, 0.2) is 18.3 Å². The minimum absolute atomic E-state index is 0.542. The highest BCUT2D eigenvalue weighted by Crippen LogP contribution is 2.08. The largest absolute Gasteiger partial charge is 0.390 e. The summed E-state index contributed by atoms with van der Waals surface area (Å²) in [7, 11) is 0. The van der Waals surface area contributed by atoms with Crippen LogP contribution in [0.1, 0.15) is 19.5 Å². The molecule has 1 N–H and O–H groups in total. The Balaban J connectivity index is 2.66. The van der Waals surface area contributed by atoms with Crippen molar-refractivity contribution in [3.8, 4) is 0 Å². The lowest BCUT2D eigenvalue weighted by Crippen LogP contribution is -2.22. The third-order valence-electron chi connectivity index (χ3n) is 1.24. The molecule has 0 saturated heterocycles. The zero-order valence-corrected chi connectivity index (χ0v) is 6.78. The summed E-state index contributed by atoms with van der Waals surface area (Å²) in [6, 6.07) is 3.67. The minimum Gasteiger partial charge on any atom is -0.390 e. The molecule has 0 radical (unpaired) electrons. The van der Waals surface area contributed by atoms with E-state index in [-0.39, 0.29) is 0 Å². The number of aromatic nitrogens is 2. The van der Waals surface area contributed by atoms with Crippen molar-refractivity contribution >= 4 is 0 Å². The molecular weight excluding hydrogens is 140 g/mol. The summed E-state index contributed by atoms with van der Waals surface area (Å²) in [5, 5.41) is 17.0. The van der Waals surface area contributed by atoms with Gasteiger partial charge in [0.05, 0.1) is 11.3 Å². The normalized spacial score (nSPS) is 11.5. The van der Waals surface area contributed by atoms with Crippen LogP contribution in [0.5, 0.6) is 0 Å². The summed E-state index contributed by atoms with van der Waals surface area (Å²) in [5.41, 5.74) is 0.121. The molecule has 3 nitrogen and oxygen atoms in total. The van der Waals surface area contributed by atoms with Gasteiger partial charge in [0.1, 0.15) is 0 Å². The Morgan fingerprint density at radius 2 is 2.27 bits per heavy atom. The zero-order chi connectivity index (χ0) is 8.32. The highest BCUT2D eigenvalue weighted by molar-refractivity contribution is 5.02. The van der Waals surface area contributed by atoms with Gasteiger partial charge in [-0.2, -0.15) is 10.2 Å². The quantitative estimate of drug-likeness (QED) is 0.681. The van der Waals surface area contributed by atoms with E-state index < -0.39 is 5.60 Å². The van der Waals surface area contributed by atoms with Crippen molar-refractivity contribution in [3.63, 3.8) is 0 Å². The lowest BCUT2D eigenvalue weighted by molar-refractivity contribution is 0.0797. The van der Waals surface area contributed by atoms with Gasteiger partial charge in [-0.15, -0.1) is 0 Å². The summed E-state index contributed by atoms with van der Waals surface area (Å²) in [5.74, 6) is 0. The third kappa shape index (κ3) is 3.09. The molecule has 0 atom stereocenters. The number of hydrogen-bond donors (Lipinski definition) is 1. The molecular formula is C8H12N2O. The van der Waals surface area contributed by atoms with Gasteiger partial charge in [0.25, 0.3) is 0 Å². The van der Waals surface area contributed by atoms with E-state index in [1.807, 2.05) is 12.1 Å². The second kappa shape index (κ2) is 2.96. The van der Waals surface area contributed by atoms with Crippen molar-refractivity contribution in [2.75, 3.05) is 0 Å². The van der Waals surface area contributed by atoms with Crippen LogP contribution in [-0.4, -0.2) is 20.9 Å². The molecule has 1 heterocycles. The molecule has 0 aliphatic carbocycles. The fraction of sp³-hybridized carbons (Fsp3) is 0.500. The highest BCUT2D eigenvalue weighted by Gasteiger charge is 2.13. The number of rotatable bonds is 2. The summed E-state index contributed by atoms with van der Waals surface area (Å²) < 4.78 is 0. The van der Waals surface area contributed by atoms with E-state index in [1.165, 1.54) is 0 Å². The van der Waals surface area contributed by atoms with Crippen LogP contribution in [0.3, 0.4) is 0 Å². The second-order valence-corrected chi connectivity index (χ2v) is 3.20. The molecule has 0 saturated carbocycles. The lowest BCUT2D eigenvalue weighted by Gasteiger charge is -2.15. The van der Waals surface area contributed by atoms with Crippen molar-refractivity contribution < 1.29 is 5.11 Å². The molecule has 0 fully saturated rings. The Kier molecular flexibility index (Phi) is 2.19. The van der Waals surface area contributed by atoms with Crippen LogP contribution in [0.4, 0.5) is 0 Å². The van der Waals surface area contributed by atoms with Gasteiger partial charge in [0, 0.05) is 12.6 Å². The molecule has 0 spiro atoms. The summed E-state index contributed by atoms with van der Waals surface area (Å²) in [6.07, 6.45) is 2.16. The van der Waals surface area contributed by atoms with Crippen LogP contribution in [0.25, 0.3) is 0 Å². The van der Waals surface area contributed by atoms with E-state index >= 15 is 0 Å². The average Bonchev–Trinajstić information content (AvgIpc) is 1.85. The van der Waals surface area contributed by atoms with Crippen LogP contribution >= 0.6 is 0 Å². The van der Waals surface area contributed by atoms with Crippen molar-refractivity contribution in [1.29, 1.82) is 0 Å². The predicted octanol–water partition coefficient (Wildman–Crippen LogP) is 0.790. The topological polar surface area (TPSA) is 46.0 Å². The van der Waals surface area contributed by atoms with Gasteiger partial charge < -0.3 is 5.11 Å². The van der Waals surface area contributed by atoms with Crippen LogP contribution in [0, 0.1) is 0 Å². The molecule has 0 bridgehead atoms. The Morgan fingerprint density at radius 1 is 1.55 bits per heavy atom. The fourth-order valence-electron chi connectivity index (χ4n) is 0.871. The molecule has 0 unspecified atom stereocenters. The lowest BCUT2D eigenvalue weighted by atomic mass is 10.0. The van der Waals surface area contributed by atoms with Gasteiger partial charge in [0.15, 0.2) is 0 Å². The van der Waals surface area contributed by atoms with Gasteiger partial charge in [-0.1, -0.05) is 0 Å². The Bertz CT molecular complexity index is 215. The molecule has 0 amide bonds. The van der Waals surface area contributed by atoms with Gasteiger partial charge in [-0.05, 0) is 26.0 Å². The molecule has 1 rings (SSSR count). The van der Waals surface area contributed by atoms with Gasteiger partial charge >= 0.3 is 0 Å². The maximum absolute atomic E-state index is 9.40. The molecule has 3 heteroatoms. The van der Waals surface area contributed by atoms with E-state index in [1.54, 1.807) is 20.0 Å². The molecule has 0 aliphatic heterocycles. The first-order valence-corrected chi connectivity index (χ1v) is 3.57. The Morgan fingerprint density at radius 3 is 2.73 bits per heavy atom. The van der Waals surface area contributed by atoms with Crippen LogP contribution < -0.4 is 0 Å². The summed E-state index contributed by atoms with van der Waals surface area (Å²) >= 11 is 0. The molecule has 11 heavy (non-hydrogen) atoms. The van der Waals surface area contributed by atoms with E-state index in [4.69, 9.17) is 0 Å². The standard InChI is InChI=1S/C8H12N2O/c1-8(2,11)6-7-4-3-5-9-10-7/h3-5,11H,6H2,1-2H3. The fourth-order valence-corrected chi connectivity index (χ4v) is 0.871. The monoisotopic (exact) mass is 152 g/mol. The van der Waals surface area contributed by atoms with Gasteiger partial charge in [0.2, 0.25) is 0 Å². The van der Waals surface area contributed by atoms with E-state index in [0.717, 1.165) is 5.69 Å². The first kappa shape index (κ1) is 8.14. The minimum atomic E-state index is -0.698. The van der Waals surface area contributed by atoms with Crippen molar-refractivity contribution in [3.05, 3.63) is 24.0 Å². The molecule has 0 aromatic carbocycles. The van der Waals surface area contributed by atoms with Gasteiger partial charge in [-0.25, -0.2) is 0 Å². The highest BCUT2D eigenvalue weighted by atomic mass is 16.3. The molecule has 1 aromatic rings. The van der Waals surface area contributed by atoms with Crippen LogP contribution in [-0.2, 0) is 6.42 Å². The maximum Gasteiger partial charge on any atom is 0.0659 e. The summed E-state index contributed by atoms with van der Waals surface area (Å²) in [4.78, 5) is 0. The first-order valence-electron chi connectivity index (χ1n) is 3.57. The maximum atomic E-state index is 9.40. The summed E-state index contributed by atoms with van der Waals surface area (Å²) in [6.45, 7) is 3.50. The average molecular weight is 152 g/mol. The second-order valence-electron chi connectivity index (χ2n) is 3.20. The van der Waals surface area contributed by atoms with E-state index in [2.05, 4.69) is 10.2 Å². The number of nitrogens with zero attached hydrogens (tertiary/aromatic N) is 2.